The molecule has 0 radical (unpaired) electrons. The van der Waals surface area contributed by atoms with Crippen LogP contribution in [-0.2, 0) is 8.92 Å². The van der Waals surface area contributed by atoms with Crippen LogP contribution >= 0.6 is 12.0 Å². The number of carbonyl (C=O) groups excluding carboxylic acids is 2. The van der Waals surface area contributed by atoms with Crippen molar-refractivity contribution in [3.8, 4) is 5.75 Å². The van der Waals surface area contributed by atoms with Crippen molar-refractivity contribution in [1.82, 2.24) is 5.32 Å². The molecule has 0 aliphatic heterocycles. The third kappa shape index (κ3) is 9.25. The van der Waals surface area contributed by atoms with Gasteiger partial charge in [-0.15, -0.1) is 0 Å². The highest BCUT2D eigenvalue weighted by Crippen LogP contribution is 2.09. The molecule has 1 rings (SSSR count). The molecule has 1 amide bonds. The molecule has 6 nitrogen and oxygen atoms in total. The van der Waals surface area contributed by atoms with Crippen LogP contribution < -0.4 is 10.1 Å². The molecule has 0 unspecified atom stereocenters. The number of nitrogens with one attached hydrogen (secondary N) is 1. The van der Waals surface area contributed by atoms with Crippen LogP contribution in [0.3, 0.4) is 0 Å². The highest BCUT2D eigenvalue weighted by molar-refractivity contribution is 8.09. The average molecular weight is 327 g/mol. The predicted molar refractivity (Wildman–Crippen MR) is 84.9 cm³/mol. The van der Waals surface area contributed by atoms with Gasteiger partial charge in [-0.25, -0.2) is 4.79 Å². The fraction of sp³-hybridized carbons (Fsp3) is 0.467. The van der Waals surface area contributed by atoms with Crippen molar-refractivity contribution in [2.24, 2.45) is 0 Å². The third-order valence-electron chi connectivity index (χ3n) is 2.50. The van der Waals surface area contributed by atoms with Crippen LogP contribution in [0.4, 0.5) is 9.59 Å². The van der Waals surface area contributed by atoms with Gasteiger partial charge in [0.1, 0.15) is 12.4 Å². The molecule has 0 fully saturated rings. The van der Waals surface area contributed by atoms with Crippen molar-refractivity contribution in [3.63, 3.8) is 0 Å². The maximum atomic E-state index is 11.4. The number of hydrogen-bond acceptors (Lipinski definition) is 6. The van der Waals surface area contributed by atoms with E-state index in [9.17, 15) is 9.59 Å². The molecule has 122 valence electrons. The lowest BCUT2D eigenvalue weighted by molar-refractivity contribution is 0.100. The number of ether oxygens (including phenoxy) is 2. The van der Waals surface area contributed by atoms with Crippen LogP contribution in [0.25, 0.3) is 0 Å². The lowest BCUT2D eigenvalue weighted by atomic mass is 10.3. The number of rotatable bonds is 9. The van der Waals surface area contributed by atoms with E-state index in [0.717, 1.165) is 31.3 Å². The Kier molecular flexibility index (Phi) is 9.89. The Labute approximate surface area is 134 Å². The molecule has 0 heterocycles. The van der Waals surface area contributed by atoms with Gasteiger partial charge in [0.25, 0.3) is 0 Å². The predicted octanol–water partition coefficient (Wildman–Crippen LogP) is 3.77. The van der Waals surface area contributed by atoms with Gasteiger partial charge in [0.05, 0.1) is 25.2 Å². The van der Waals surface area contributed by atoms with Gasteiger partial charge < -0.3 is 19.0 Å². The van der Waals surface area contributed by atoms with E-state index in [1.165, 1.54) is 0 Å². The zero-order chi connectivity index (χ0) is 16.0. The second-order valence-electron chi connectivity index (χ2n) is 4.34. The van der Waals surface area contributed by atoms with Crippen molar-refractivity contribution in [2.45, 2.75) is 26.2 Å². The molecular weight excluding hydrogens is 306 g/mol. The minimum atomic E-state index is -0.802. The number of hydrogen-bond donors (Lipinski definition) is 1. The summed E-state index contributed by atoms with van der Waals surface area (Å²) in [6.45, 7) is 2.89. The molecule has 1 aromatic rings. The standard InChI is InChI=1S/C15H21NO5S/c1-2-3-7-11-20-22-14(17)16-10-12-19-15(18)21-13-8-5-4-6-9-13/h4-6,8-9H,2-3,7,10-12H2,1H3,(H,16,17). The summed E-state index contributed by atoms with van der Waals surface area (Å²) in [6, 6.07) is 8.61. The Bertz CT molecular complexity index is 441. The van der Waals surface area contributed by atoms with Crippen molar-refractivity contribution < 1.29 is 23.2 Å². The molecule has 1 aromatic carbocycles. The van der Waals surface area contributed by atoms with Crippen LogP contribution in [0.5, 0.6) is 5.75 Å². The number of amides is 1. The minimum Gasteiger partial charge on any atom is -0.432 e. The Morgan fingerprint density at radius 1 is 1.14 bits per heavy atom. The summed E-state index contributed by atoms with van der Waals surface area (Å²) in [5.41, 5.74) is 0. The van der Waals surface area contributed by atoms with E-state index in [4.69, 9.17) is 13.7 Å². The highest BCUT2D eigenvalue weighted by Gasteiger charge is 2.06. The van der Waals surface area contributed by atoms with Gasteiger partial charge in [-0.2, -0.15) is 0 Å². The van der Waals surface area contributed by atoms with E-state index in [2.05, 4.69) is 12.2 Å². The van der Waals surface area contributed by atoms with Crippen LogP contribution in [0.15, 0.2) is 30.3 Å². The van der Waals surface area contributed by atoms with Crippen LogP contribution in [0.2, 0.25) is 0 Å². The summed E-state index contributed by atoms with van der Waals surface area (Å²) in [4.78, 5) is 22.7. The SMILES string of the molecule is CCCCCOSC(=O)NCCOC(=O)Oc1ccccc1. The molecule has 0 spiro atoms. The van der Waals surface area contributed by atoms with E-state index in [1.54, 1.807) is 24.3 Å². The molecule has 0 saturated carbocycles. The number of unbranched alkanes of at least 4 members (excludes halogenated alkanes) is 2. The zero-order valence-corrected chi connectivity index (χ0v) is 13.4. The lowest BCUT2D eigenvalue weighted by Crippen LogP contribution is -2.25. The first-order valence-electron chi connectivity index (χ1n) is 7.19. The van der Waals surface area contributed by atoms with Gasteiger partial charge in [-0.05, 0) is 18.6 Å². The van der Waals surface area contributed by atoms with Crippen molar-refractivity contribution in [1.29, 1.82) is 0 Å². The van der Waals surface area contributed by atoms with E-state index < -0.39 is 6.16 Å². The zero-order valence-electron chi connectivity index (χ0n) is 12.6. The van der Waals surface area contributed by atoms with Gasteiger partial charge >= 0.3 is 11.4 Å². The van der Waals surface area contributed by atoms with Gasteiger partial charge in [0, 0.05) is 0 Å². The molecule has 0 aliphatic carbocycles. The Hall–Kier alpha value is -1.73. The minimum absolute atomic E-state index is 0.0355. The molecule has 22 heavy (non-hydrogen) atoms. The van der Waals surface area contributed by atoms with Crippen molar-refractivity contribution in [3.05, 3.63) is 30.3 Å². The second kappa shape index (κ2) is 11.9. The number of benzene rings is 1. The van der Waals surface area contributed by atoms with Gasteiger partial charge in [-0.1, -0.05) is 38.0 Å². The highest BCUT2D eigenvalue weighted by atomic mass is 32.2. The quantitative estimate of drug-likeness (QED) is 0.322. The first-order chi connectivity index (χ1) is 10.7. The number of carbonyl (C=O) groups is 2. The van der Waals surface area contributed by atoms with Crippen molar-refractivity contribution >= 4 is 23.4 Å². The first-order valence-corrected chi connectivity index (χ1v) is 7.93. The van der Waals surface area contributed by atoms with Gasteiger partial charge in [0.2, 0.25) is 0 Å². The summed E-state index contributed by atoms with van der Waals surface area (Å²) in [5.74, 6) is 0.410. The van der Waals surface area contributed by atoms with Gasteiger partial charge in [0.15, 0.2) is 0 Å². The molecule has 0 atom stereocenters. The topological polar surface area (TPSA) is 73.9 Å². The normalized spacial score (nSPS) is 10.0. The molecule has 0 aliphatic rings. The Morgan fingerprint density at radius 2 is 1.91 bits per heavy atom. The molecule has 7 heteroatoms. The van der Waals surface area contributed by atoms with E-state index >= 15 is 0 Å². The Balaban J connectivity index is 2.00. The molecule has 0 saturated heterocycles. The molecule has 0 bridgehead atoms. The number of para-hydroxylation sites is 1. The Morgan fingerprint density at radius 3 is 2.64 bits per heavy atom. The monoisotopic (exact) mass is 327 g/mol. The summed E-state index contributed by atoms with van der Waals surface area (Å²) < 4.78 is 14.9. The summed E-state index contributed by atoms with van der Waals surface area (Å²) >= 11 is 0.767. The van der Waals surface area contributed by atoms with E-state index in [0.29, 0.717) is 12.4 Å². The summed E-state index contributed by atoms with van der Waals surface area (Å²) in [6.07, 6.45) is 2.32. The summed E-state index contributed by atoms with van der Waals surface area (Å²) in [7, 11) is 0. The molecule has 0 aromatic heterocycles. The van der Waals surface area contributed by atoms with E-state index in [-0.39, 0.29) is 18.4 Å². The second-order valence-corrected chi connectivity index (χ2v) is 5.11. The smallest absolute Gasteiger partial charge is 0.432 e. The van der Waals surface area contributed by atoms with Gasteiger partial charge in [-0.3, -0.25) is 4.79 Å². The molecular formula is C15H21NO5S. The lowest BCUT2D eigenvalue weighted by Gasteiger charge is -2.07. The van der Waals surface area contributed by atoms with Crippen LogP contribution in [0, 0.1) is 0 Å². The third-order valence-corrected chi connectivity index (χ3v) is 3.08. The maximum Gasteiger partial charge on any atom is 0.513 e. The maximum absolute atomic E-state index is 11.4. The molecule has 1 N–H and O–H groups in total. The fourth-order valence-electron chi connectivity index (χ4n) is 1.44. The van der Waals surface area contributed by atoms with Crippen molar-refractivity contribution in [2.75, 3.05) is 19.8 Å². The fourth-order valence-corrected chi connectivity index (χ4v) is 1.91. The van der Waals surface area contributed by atoms with Crippen LogP contribution in [0.1, 0.15) is 26.2 Å². The summed E-state index contributed by atoms with van der Waals surface area (Å²) in [5, 5.41) is 2.25. The first kappa shape index (κ1) is 18.3. The average Bonchev–Trinajstić information content (AvgIpc) is 2.52. The van der Waals surface area contributed by atoms with Crippen LogP contribution in [-0.4, -0.2) is 31.2 Å². The van der Waals surface area contributed by atoms with E-state index in [1.807, 2.05) is 6.07 Å². The largest absolute Gasteiger partial charge is 0.513 e.